The number of fused-ring (bicyclic) bond motifs is 1. The summed E-state index contributed by atoms with van der Waals surface area (Å²) in [7, 11) is 0. The third kappa shape index (κ3) is 6.02. The highest BCUT2D eigenvalue weighted by Crippen LogP contribution is 2.41. The predicted molar refractivity (Wildman–Crippen MR) is 188 cm³/mol. The van der Waals surface area contributed by atoms with E-state index in [4.69, 9.17) is 17.2 Å². The van der Waals surface area contributed by atoms with Gasteiger partial charge in [0, 0.05) is 66.1 Å². The molecule has 3 aromatic carbocycles. The molecule has 7 nitrogen and oxygen atoms in total. The second-order valence-electron chi connectivity index (χ2n) is 11.5. The molecule has 1 aliphatic rings. The van der Waals surface area contributed by atoms with Crippen molar-refractivity contribution in [3.63, 3.8) is 0 Å². The second-order valence-corrected chi connectivity index (χ2v) is 11.9. The molecule has 1 amide bonds. The van der Waals surface area contributed by atoms with Gasteiger partial charge in [-0.3, -0.25) is 9.78 Å². The summed E-state index contributed by atoms with van der Waals surface area (Å²) in [5.74, 6) is -0.0482. The molecule has 2 aromatic heterocycles. The summed E-state index contributed by atoms with van der Waals surface area (Å²) in [4.78, 5) is 22.5. The normalized spacial score (nSPS) is 16.2. The minimum Gasteiger partial charge on any atom is -0.372 e. The van der Waals surface area contributed by atoms with Gasteiger partial charge in [-0.25, -0.2) is 0 Å². The van der Waals surface area contributed by atoms with Gasteiger partial charge in [-0.05, 0) is 99.4 Å². The Labute approximate surface area is 270 Å². The lowest BCUT2D eigenvalue weighted by atomic mass is 9.96. The van der Waals surface area contributed by atoms with Crippen LogP contribution in [0.4, 0.5) is 11.4 Å². The maximum Gasteiger partial charge on any atom is 0.226 e. The summed E-state index contributed by atoms with van der Waals surface area (Å²) in [6, 6.07) is 30.8. The van der Waals surface area contributed by atoms with E-state index in [1.807, 2.05) is 54.7 Å². The molecule has 2 N–H and O–H groups in total. The van der Waals surface area contributed by atoms with Gasteiger partial charge >= 0.3 is 0 Å². The van der Waals surface area contributed by atoms with Gasteiger partial charge in [0.25, 0.3) is 0 Å². The molecule has 2 atom stereocenters. The number of pyridine rings is 1. The average molecular weight is 617 g/mol. The van der Waals surface area contributed by atoms with Crippen molar-refractivity contribution < 1.29 is 4.79 Å². The zero-order chi connectivity index (χ0) is 31.5. The van der Waals surface area contributed by atoms with Crippen molar-refractivity contribution in [2.75, 3.05) is 29.9 Å². The SMILES string of the molecule is CCN(CC)c1ccc(-n2c(C)cc(C3C(c4ccccn4)NC(=S)N3CCC(=O)Nc3cccc4ccccc34)c2C)cc1. The lowest BCUT2D eigenvalue weighted by molar-refractivity contribution is -0.116. The highest BCUT2D eigenvalue weighted by molar-refractivity contribution is 7.80. The molecule has 1 saturated heterocycles. The molecule has 2 unspecified atom stereocenters. The van der Waals surface area contributed by atoms with Crippen molar-refractivity contribution in [1.29, 1.82) is 0 Å². The zero-order valence-corrected chi connectivity index (χ0v) is 27.1. The minimum atomic E-state index is -0.154. The van der Waals surface area contributed by atoms with Crippen molar-refractivity contribution in [3.8, 4) is 5.69 Å². The number of carbonyl (C=O) groups excluding carboxylic acids is 1. The Morgan fingerprint density at radius 1 is 0.956 bits per heavy atom. The predicted octanol–water partition coefficient (Wildman–Crippen LogP) is 7.49. The molecular weight excluding hydrogens is 577 g/mol. The molecule has 45 heavy (non-hydrogen) atoms. The summed E-state index contributed by atoms with van der Waals surface area (Å²) in [6.45, 7) is 11.1. The van der Waals surface area contributed by atoms with Gasteiger partial charge in [-0.15, -0.1) is 0 Å². The van der Waals surface area contributed by atoms with Crippen molar-refractivity contribution in [2.45, 2.75) is 46.2 Å². The largest absolute Gasteiger partial charge is 0.372 e. The monoisotopic (exact) mass is 616 g/mol. The van der Waals surface area contributed by atoms with Crippen molar-refractivity contribution in [3.05, 3.63) is 120 Å². The first-order valence-electron chi connectivity index (χ1n) is 15.7. The summed E-state index contributed by atoms with van der Waals surface area (Å²) in [5.41, 5.74) is 7.53. The molecule has 230 valence electrons. The average Bonchev–Trinajstić information content (AvgIpc) is 3.55. The van der Waals surface area contributed by atoms with Crippen LogP contribution in [0, 0.1) is 13.8 Å². The number of hydrogen-bond acceptors (Lipinski definition) is 4. The molecule has 0 radical (unpaired) electrons. The second kappa shape index (κ2) is 13.1. The molecule has 0 bridgehead atoms. The van der Waals surface area contributed by atoms with E-state index in [2.05, 4.69) is 95.2 Å². The first kappa shape index (κ1) is 30.3. The first-order chi connectivity index (χ1) is 21.9. The van der Waals surface area contributed by atoms with E-state index in [1.54, 1.807) is 0 Å². The number of benzene rings is 3. The maximum atomic E-state index is 13.3. The van der Waals surface area contributed by atoms with Crippen LogP contribution in [0.15, 0.2) is 97.2 Å². The number of hydrogen-bond donors (Lipinski definition) is 2. The molecule has 1 aliphatic heterocycles. The Kier molecular flexibility index (Phi) is 8.85. The van der Waals surface area contributed by atoms with E-state index in [0.717, 1.165) is 57.9 Å². The van der Waals surface area contributed by atoms with Crippen LogP contribution >= 0.6 is 12.2 Å². The van der Waals surface area contributed by atoms with E-state index >= 15 is 0 Å². The Balaban J connectivity index is 1.30. The van der Waals surface area contributed by atoms with Gasteiger partial charge in [0.15, 0.2) is 5.11 Å². The number of rotatable bonds is 10. The quantitative estimate of drug-likeness (QED) is 0.159. The van der Waals surface area contributed by atoms with E-state index in [9.17, 15) is 4.79 Å². The number of aryl methyl sites for hydroxylation is 1. The van der Waals surface area contributed by atoms with Crippen molar-refractivity contribution >= 4 is 45.4 Å². The number of aromatic nitrogens is 2. The van der Waals surface area contributed by atoms with Crippen LogP contribution in [-0.4, -0.2) is 45.1 Å². The minimum absolute atomic E-state index is 0.0482. The molecule has 0 aliphatic carbocycles. The summed E-state index contributed by atoms with van der Waals surface area (Å²) >= 11 is 5.92. The Hall–Kier alpha value is -4.69. The molecule has 5 aromatic rings. The van der Waals surface area contributed by atoms with Crippen LogP contribution in [0.5, 0.6) is 0 Å². The summed E-state index contributed by atoms with van der Waals surface area (Å²) in [6.07, 6.45) is 2.11. The van der Waals surface area contributed by atoms with Crippen LogP contribution in [-0.2, 0) is 4.79 Å². The molecule has 8 heteroatoms. The fourth-order valence-electron chi connectivity index (χ4n) is 6.64. The zero-order valence-electron chi connectivity index (χ0n) is 26.3. The topological polar surface area (TPSA) is 65.4 Å². The Morgan fingerprint density at radius 2 is 1.69 bits per heavy atom. The van der Waals surface area contributed by atoms with E-state index in [1.165, 1.54) is 5.69 Å². The van der Waals surface area contributed by atoms with Gasteiger partial charge in [-0.2, -0.15) is 0 Å². The van der Waals surface area contributed by atoms with E-state index in [0.29, 0.717) is 18.1 Å². The van der Waals surface area contributed by atoms with Crippen LogP contribution in [0.1, 0.15) is 55.0 Å². The van der Waals surface area contributed by atoms with Gasteiger partial charge in [-0.1, -0.05) is 42.5 Å². The van der Waals surface area contributed by atoms with Gasteiger partial charge in [0.05, 0.1) is 17.8 Å². The van der Waals surface area contributed by atoms with Crippen LogP contribution in [0.3, 0.4) is 0 Å². The Bertz CT molecular complexity index is 1810. The van der Waals surface area contributed by atoms with Gasteiger partial charge in [0.1, 0.15) is 0 Å². The number of amides is 1. The fourth-order valence-corrected chi connectivity index (χ4v) is 6.97. The highest BCUT2D eigenvalue weighted by Gasteiger charge is 2.41. The van der Waals surface area contributed by atoms with Gasteiger partial charge < -0.3 is 25.0 Å². The fraction of sp³-hybridized carbons (Fsp3) is 0.270. The molecule has 6 rings (SSSR count). The third-order valence-corrected chi connectivity index (χ3v) is 9.22. The maximum absolute atomic E-state index is 13.3. The third-order valence-electron chi connectivity index (χ3n) is 8.87. The van der Waals surface area contributed by atoms with E-state index < -0.39 is 0 Å². The molecule has 3 heterocycles. The van der Waals surface area contributed by atoms with E-state index in [-0.39, 0.29) is 18.0 Å². The van der Waals surface area contributed by atoms with Crippen molar-refractivity contribution in [1.82, 2.24) is 19.8 Å². The van der Waals surface area contributed by atoms with Gasteiger partial charge in [0.2, 0.25) is 5.91 Å². The van der Waals surface area contributed by atoms with Crippen LogP contribution in [0.25, 0.3) is 16.5 Å². The number of nitrogens with one attached hydrogen (secondary N) is 2. The number of thiocarbonyl (C=S) groups is 1. The Morgan fingerprint density at radius 3 is 2.42 bits per heavy atom. The standard InChI is InChI=1S/C37H40N6OS/c1-5-41(6-2)28-17-19-29(20-18-28)43-25(3)24-31(26(43)4)36-35(33-15-9-10-22-38-33)40-37(45)42(36)23-21-34(44)39-32-16-11-13-27-12-7-8-14-30(27)32/h7-20,22,24,35-36H,5-6,21,23H2,1-4H3,(H,39,44)(H,40,45). The highest BCUT2D eigenvalue weighted by atomic mass is 32.1. The number of nitrogens with zero attached hydrogens (tertiary/aromatic N) is 4. The smallest absolute Gasteiger partial charge is 0.226 e. The number of carbonyl (C=O) groups is 1. The van der Waals surface area contributed by atoms with Crippen molar-refractivity contribution in [2.24, 2.45) is 0 Å². The first-order valence-corrected chi connectivity index (χ1v) is 16.1. The summed E-state index contributed by atoms with van der Waals surface area (Å²) in [5, 5.41) is 9.43. The van der Waals surface area contributed by atoms with Crippen LogP contribution in [0.2, 0.25) is 0 Å². The number of anilines is 2. The molecule has 1 fully saturated rings. The lowest BCUT2D eigenvalue weighted by Crippen LogP contribution is -2.33. The summed E-state index contributed by atoms with van der Waals surface area (Å²) < 4.78 is 2.31. The molecular formula is C37H40N6OS. The molecule has 0 saturated carbocycles. The lowest BCUT2D eigenvalue weighted by Gasteiger charge is -2.28. The molecule has 0 spiro atoms. The van der Waals surface area contributed by atoms with Crippen LogP contribution < -0.4 is 15.5 Å².